The van der Waals surface area contributed by atoms with Crippen LogP contribution in [0.3, 0.4) is 0 Å². The van der Waals surface area contributed by atoms with E-state index in [2.05, 4.69) is 27.9 Å². The van der Waals surface area contributed by atoms with Gasteiger partial charge in [-0.3, -0.25) is 9.79 Å². The molecule has 1 amide bonds. The molecule has 0 heterocycles. The number of nitrogens with zero attached hydrogens (tertiary/aromatic N) is 1. The van der Waals surface area contributed by atoms with E-state index in [-0.39, 0.29) is 11.8 Å². The van der Waals surface area contributed by atoms with E-state index in [1.807, 2.05) is 0 Å². The van der Waals surface area contributed by atoms with E-state index in [4.69, 9.17) is 0 Å². The molecule has 2 rings (SSSR count). The highest BCUT2D eigenvalue weighted by Crippen LogP contribution is 2.28. The Morgan fingerprint density at radius 2 is 1.85 bits per heavy atom. The van der Waals surface area contributed by atoms with Crippen LogP contribution < -0.4 is 16.0 Å². The molecule has 0 radical (unpaired) electrons. The zero-order chi connectivity index (χ0) is 14.2. The van der Waals surface area contributed by atoms with Gasteiger partial charge in [0.15, 0.2) is 5.96 Å². The molecule has 0 aromatic heterocycles. The largest absolute Gasteiger partial charge is 0.357 e. The maximum Gasteiger partial charge on any atom is 0.223 e. The number of hydrogen-bond donors (Lipinski definition) is 3. The number of nitrogens with one attached hydrogen (secondary N) is 3. The van der Waals surface area contributed by atoms with E-state index in [1.54, 1.807) is 0 Å². The van der Waals surface area contributed by atoms with Crippen LogP contribution in [0.25, 0.3) is 0 Å². The molecule has 0 bridgehead atoms. The zero-order valence-electron chi connectivity index (χ0n) is 12.6. The topological polar surface area (TPSA) is 65.5 Å². The minimum absolute atomic E-state index is 0.199. The Morgan fingerprint density at radius 3 is 2.50 bits per heavy atom. The molecule has 5 heteroatoms. The molecular formula is C15H28N4O. The van der Waals surface area contributed by atoms with Crippen LogP contribution in [0, 0.1) is 5.92 Å². The van der Waals surface area contributed by atoms with Gasteiger partial charge in [0.2, 0.25) is 5.91 Å². The quantitative estimate of drug-likeness (QED) is 0.391. The smallest absolute Gasteiger partial charge is 0.223 e. The number of rotatable bonds is 6. The van der Waals surface area contributed by atoms with Crippen LogP contribution >= 0.6 is 0 Å². The molecule has 2 aliphatic rings. The molecule has 0 atom stereocenters. The molecule has 0 aliphatic heterocycles. The van der Waals surface area contributed by atoms with Crippen molar-refractivity contribution >= 4 is 11.9 Å². The van der Waals surface area contributed by atoms with Crippen molar-refractivity contribution < 1.29 is 4.79 Å². The molecule has 0 spiro atoms. The van der Waals surface area contributed by atoms with Crippen molar-refractivity contribution in [2.45, 2.75) is 57.9 Å². The molecule has 3 N–H and O–H groups in total. The third-order valence-electron chi connectivity index (χ3n) is 3.92. The van der Waals surface area contributed by atoms with E-state index in [0.717, 1.165) is 25.3 Å². The highest BCUT2D eigenvalue weighted by molar-refractivity contribution is 5.81. The third-order valence-corrected chi connectivity index (χ3v) is 3.92. The second kappa shape index (κ2) is 8.12. The first-order valence-electron chi connectivity index (χ1n) is 8.12. The van der Waals surface area contributed by atoms with Crippen LogP contribution in [0.5, 0.6) is 0 Å². The normalized spacial score (nSPS) is 20.6. The predicted molar refractivity (Wildman–Crippen MR) is 81.7 cm³/mol. The van der Waals surface area contributed by atoms with E-state index in [0.29, 0.717) is 19.1 Å². The fourth-order valence-corrected chi connectivity index (χ4v) is 2.60. The molecule has 0 aromatic carbocycles. The van der Waals surface area contributed by atoms with Crippen molar-refractivity contribution in [2.75, 3.05) is 19.6 Å². The second-order valence-electron chi connectivity index (χ2n) is 5.81. The van der Waals surface area contributed by atoms with Crippen molar-refractivity contribution in [3.05, 3.63) is 0 Å². The average molecular weight is 280 g/mol. The molecular weight excluding hydrogens is 252 g/mol. The Kier molecular flexibility index (Phi) is 6.15. The Balaban J connectivity index is 1.68. The van der Waals surface area contributed by atoms with Gasteiger partial charge >= 0.3 is 0 Å². The molecule has 0 saturated heterocycles. The van der Waals surface area contributed by atoms with E-state index in [9.17, 15) is 4.79 Å². The maximum atomic E-state index is 11.5. The minimum Gasteiger partial charge on any atom is -0.357 e. The van der Waals surface area contributed by atoms with Crippen molar-refractivity contribution in [1.29, 1.82) is 0 Å². The number of aliphatic imine (C=N–C) groups is 1. The molecule has 20 heavy (non-hydrogen) atoms. The van der Waals surface area contributed by atoms with Gasteiger partial charge < -0.3 is 16.0 Å². The Hall–Kier alpha value is -1.26. The number of hydrogen-bond acceptors (Lipinski definition) is 2. The maximum absolute atomic E-state index is 11.5. The van der Waals surface area contributed by atoms with Crippen LogP contribution in [0.15, 0.2) is 4.99 Å². The predicted octanol–water partition coefficient (Wildman–Crippen LogP) is 1.40. The number of guanidine groups is 1. The highest BCUT2D eigenvalue weighted by Gasteiger charge is 2.28. The summed E-state index contributed by atoms with van der Waals surface area (Å²) in [6, 6.07) is 0.558. The summed E-state index contributed by atoms with van der Waals surface area (Å²) in [4.78, 5) is 16.0. The van der Waals surface area contributed by atoms with Crippen molar-refractivity contribution in [2.24, 2.45) is 10.9 Å². The van der Waals surface area contributed by atoms with Gasteiger partial charge in [0, 0.05) is 25.0 Å². The molecule has 0 unspecified atom stereocenters. The molecule has 2 aliphatic carbocycles. The average Bonchev–Trinajstić information content (AvgIpc) is 3.29. The van der Waals surface area contributed by atoms with Gasteiger partial charge in [0.1, 0.15) is 0 Å². The van der Waals surface area contributed by atoms with Gasteiger partial charge in [-0.2, -0.15) is 0 Å². The van der Waals surface area contributed by atoms with E-state index in [1.165, 1.54) is 32.1 Å². The van der Waals surface area contributed by atoms with Crippen molar-refractivity contribution in [1.82, 2.24) is 16.0 Å². The third kappa shape index (κ3) is 5.39. The summed E-state index contributed by atoms with van der Waals surface area (Å²) in [5, 5.41) is 9.73. The van der Waals surface area contributed by atoms with Gasteiger partial charge in [0.05, 0.1) is 6.54 Å². The lowest BCUT2D eigenvalue weighted by molar-refractivity contribution is -0.122. The monoisotopic (exact) mass is 280 g/mol. The first-order chi connectivity index (χ1) is 9.79. The minimum atomic E-state index is 0.199. The molecule has 5 nitrogen and oxygen atoms in total. The lowest BCUT2D eigenvalue weighted by Gasteiger charge is -2.24. The SMILES string of the molecule is CCNC(=NCCNC(=O)C1CC1)NC1CCCCC1. The fourth-order valence-electron chi connectivity index (χ4n) is 2.60. The van der Waals surface area contributed by atoms with Crippen LogP contribution in [0.4, 0.5) is 0 Å². The standard InChI is InChI=1S/C15H28N4O/c1-2-16-15(19-13-6-4-3-5-7-13)18-11-10-17-14(20)12-8-9-12/h12-13H,2-11H2,1H3,(H,17,20)(H2,16,18,19). The number of amides is 1. The summed E-state index contributed by atoms with van der Waals surface area (Å²) in [6.45, 7) is 4.22. The molecule has 2 saturated carbocycles. The van der Waals surface area contributed by atoms with Crippen molar-refractivity contribution in [3.8, 4) is 0 Å². The first kappa shape index (κ1) is 15.1. The van der Waals surface area contributed by atoms with E-state index < -0.39 is 0 Å². The fraction of sp³-hybridized carbons (Fsp3) is 0.867. The Labute approximate surface area is 122 Å². The first-order valence-corrected chi connectivity index (χ1v) is 8.12. The van der Waals surface area contributed by atoms with Crippen molar-refractivity contribution in [3.63, 3.8) is 0 Å². The lowest BCUT2D eigenvalue weighted by atomic mass is 9.96. The summed E-state index contributed by atoms with van der Waals surface area (Å²) in [5.74, 6) is 1.37. The summed E-state index contributed by atoms with van der Waals surface area (Å²) in [6.07, 6.45) is 8.58. The van der Waals surface area contributed by atoms with Crippen LogP contribution in [-0.2, 0) is 4.79 Å². The lowest BCUT2D eigenvalue weighted by Crippen LogP contribution is -2.44. The van der Waals surface area contributed by atoms with Gasteiger partial charge in [-0.25, -0.2) is 0 Å². The summed E-state index contributed by atoms with van der Waals surface area (Å²) in [7, 11) is 0. The van der Waals surface area contributed by atoms with E-state index >= 15 is 0 Å². The van der Waals surface area contributed by atoms with Crippen LogP contribution in [0.1, 0.15) is 51.9 Å². The van der Waals surface area contributed by atoms with Crippen LogP contribution in [0.2, 0.25) is 0 Å². The zero-order valence-corrected chi connectivity index (χ0v) is 12.6. The van der Waals surface area contributed by atoms with Gasteiger partial charge in [-0.05, 0) is 32.6 Å². The summed E-state index contributed by atoms with van der Waals surface area (Å²) < 4.78 is 0. The molecule has 0 aromatic rings. The van der Waals surface area contributed by atoms with Gasteiger partial charge in [0.25, 0.3) is 0 Å². The summed E-state index contributed by atoms with van der Waals surface area (Å²) >= 11 is 0. The summed E-state index contributed by atoms with van der Waals surface area (Å²) in [5.41, 5.74) is 0. The molecule has 2 fully saturated rings. The van der Waals surface area contributed by atoms with Gasteiger partial charge in [-0.1, -0.05) is 19.3 Å². The highest BCUT2D eigenvalue weighted by atomic mass is 16.2. The van der Waals surface area contributed by atoms with Crippen LogP contribution in [-0.4, -0.2) is 37.5 Å². The Morgan fingerprint density at radius 1 is 1.10 bits per heavy atom. The second-order valence-corrected chi connectivity index (χ2v) is 5.81. The van der Waals surface area contributed by atoms with Gasteiger partial charge in [-0.15, -0.1) is 0 Å². The Bertz CT molecular complexity index is 333. The molecule has 114 valence electrons. The number of carbonyl (C=O) groups is 1. The number of carbonyl (C=O) groups excluding carboxylic acids is 1.